The maximum absolute atomic E-state index is 5.72. The molecular formula is C6H11Cl2N. The molecule has 0 spiro atoms. The van der Waals surface area contributed by atoms with Crippen LogP contribution in [0.1, 0.15) is 20.8 Å². The van der Waals surface area contributed by atoms with Gasteiger partial charge in [0, 0.05) is 5.41 Å². The van der Waals surface area contributed by atoms with Crippen LogP contribution in [0.2, 0.25) is 0 Å². The normalized spacial score (nSPS) is 14.1. The molecule has 0 aliphatic carbocycles. The van der Waals surface area contributed by atoms with Crippen LogP contribution in [-0.2, 0) is 0 Å². The molecule has 0 aromatic rings. The number of aliphatic imine (C=N–C) groups is 1. The quantitative estimate of drug-likeness (QED) is 0.324. The fourth-order valence-corrected chi connectivity index (χ4v) is 0.530. The van der Waals surface area contributed by atoms with E-state index in [1.807, 2.05) is 20.8 Å². The smallest absolute Gasteiger partial charge is 0.114 e. The highest BCUT2D eigenvalue weighted by atomic mass is 35.5. The second kappa shape index (κ2) is 3.43. The van der Waals surface area contributed by atoms with Gasteiger partial charge in [-0.1, -0.05) is 32.4 Å². The molecule has 0 bridgehead atoms. The van der Waals surface area contributed by atoms with Gasteiger partial charge in [0.05, 0.1) is 0 Å². The van der Waals surface area contributed by atoms with Crippen molar-refractivity contribution < 1.29 is 0 Å². The van der Waals surface area contributed by atoms with Crippen molar-refractivity contribution in [2.45, 2.75) is 20.8 Å². The molecule has 0 amide bonds. The lowest BCUT2D eigenvalue weighted by Crippen LogP contribution is -2.14. The third kappa shape index (κ3) is 3.77. The zero-order valence-electron chi connectivity index (χ0n) is 5.91. The molecule has 0 aromatic carbocycles. The summed E-state index contributed by atoms with van der Waals surface area (Å²) in [6.07, 6.45) is 0. The van der Waals surface area contributed by atoms with E-state index < -0.39 is 0 Å². The maximum atomic E-state index is 5.72. The van der Waals surface area contributed by atoms with Gasteiger partial charge in [0.25, 0.3) is 0 Å². The summed E-state index contributed by atoms with van der Waals surface area (Å²) in [5.41, 5.74) is -0.0591. The number of halogens is 2. The van der Waals surface area contributed by atoms with Crippen LogP contribution in [0.3, 0.4) is 0 Å². The van der Waals surface area contributed by atoms with Crippen LogP contribution in [0.25, 0.3) is 0 Å². The first-order chi connectivity index (χ1) is 3.98. The highest BCUT2D eigenvalue weighted by Crippen LogP contribution is 2.18. The predicted octanol–water partition coefficient (Wildman–Crippen LogP) is 2.87. The van der Waals surface area contributed by atoms with E-state index in [4.69, 9.17) is 23.2 Å². The Morgan fingerprint density at radius 2 is 1.89 bits per heavy atom. The standard InChI is InChI=1S/C6H11Cl2N/c1-6(2,3)5(8)9-4-7/h4H2,1-3H3/b9-5-. The first-order valence-corrected chi connectivity index (χ1v) is 3.66. The Labute approximate surface area is 66.1 Å². The van der Waals surface area contributed by atoms with Crippen LogP contribution in [0.4, 0.5) is 0 Å². The first-order valence-electron chi connectivity index (χ1n) is 2.75. The van der Waals surface area contributed by atoms with Gasteiger partial charge < -0.3 is 0 Å². The molecule has 3 heteroatoms. The Kier molecular flexibility index (Phi) is 3.52. The Hall–Kier alpha value is 0.250. The number of nitrogens with zero attached hydrogens (tertiary/aromatic N) is 1. The lowest BCUT2D eigenvalue weighted by molar-refractivity contribution is 0.599. The summed E-state index contributed by atoms with van der Waals surface area (Å²) in [6, 6.07) is 0.246. The monoisotopic (exact) mass is 167 g/mol. The molecule has 0 N–H and O–H groups in total. The van der Waals surface area contributed by atoms with Gasteiger partial charge in [0.2, 0.25) is 0 Å². The van der Waals surface area contributed by atoms with Gasteiger partial charge in [-0.05, 0) is 0 Å². The molecule has 0 rings (SSSR count). The molecule has 0 aromatic heterocycles. The second-order valence-electron chi connectivity index (χ2n) is 2.82. The Balaban J connectivity index is 4.03. The van der Waals surface area contributed by atoms with Gasteiger partial charge >= 0.3 is 0 Å². The van der Waals surface area contributed by atoms with Gasteiger partial charge in [-0.25, -0.2) is 0 Å². The topological polar surface area (TPSA) is 12.4 Å². The lowest BCUT2D eigenvalue weighted by Gasteiger charge is -2.14. The summed E-state index contributed by atoms with van der Waals surface area (Å²) < 4.78 is 0. The van der Waals surface area contributed by atoms with Gasteiger partial charge in [-0.15, -0.1) is 11.6 Å². The van der Waals surface area contributed by atoms with E-state index in [1.54, 1.807) is 0 Å². The summed E-state index contributed by atoms with van der Waals surface area (Å²) in [4.78, 5) is 3.84. The van der Waals surface area contributed by atoms with E-state index in [-0.39, 0.29) is 11.4 Å². The SMILES string of the molecule is CC(C)(C)/C(Cl)=N/CCl. The number of alkyl halides is 1. The van der Waals surface area contributed by atoms with Crippen molar-refractivity contribution in [1.82, 2.24) is 0 Å². The Morgan fingerprint density at radius 3 is 2.00 bits per heavy atom. The maximum Gasteiger partial charge on any atom is 0.114 e. The molecule has 0 heterocycles. The van der Waals surface area contributed by atoms with Crippen LogP contribution in [-0.4, -0.2) is 11.2 Å². The van der Waals surface area contributed by atoms with E-state index in [9.17, 15) is 0 Å². The predicted molar refractivity (Wildman–Crippen MR) is 43.5 cm³/mol. The number of hydrogen-bond acceptors (Lipinski definition) is 1. The molecule has 0 radical (unpaired) electrons. The Morgan fingerprint density at radius 1 is 1.44 bits per heavy atom. The van der Waals surface area contributed by atoms with Gasteiger partial charge in [-0.3, -0.25) is 4.99 Å². The van der Waals surface area contributed by atoms with Crippen molar-refractivity contribution >= 4 is 28.4 Å². The van der Waals surface area contributed by atoms with E-state index >= 15 is 0 Å². The van der Waals surface area contributed by atoms with Gasteiger partial charge in [0.15, 0.2) is 0 Å². The summed E-state index contributed by atoms with van der Waals surface area (Å²) in [5.74, 6) is 0. The minimum atomic E-state index is -0.0591. The first kappa shape index (κ1) is 9.25. The zero-order chi connectivity index (χ0) is 7.49. The van der Waals surface area contributed by atoms with Crippen molar-refractivity contribution in [2.24, 2.45) is 10.4 Å². The van der Waals surface area contributed by atoms with Crippen molar-refractivity contribution in [3.8, 4) is 0 Å². The van der Waals surface area contributed by atoms with E-state index in [0.717, 1.165) is 0 Å². The molecule has 0 aliphatic rings. The average Bonchev–Trinajstić information content (AvgIpc) is 1.64. The summed E-state index contributed by atoms with van der Waals surface area (Å²) in [7, 11) is 0. The van der Waals surface area contributed by atoms with E-state index in [2.05, 4.69) is 4.99 Å². The molecule has 0 saturated heterocycles. The molecule has 0 atom stereocenters. The van der Waals surface area contributed by atoms with Gasteiger partial charge in [0.1, 0.15) is 11.2 Å². The van der Waals surface area contributed by atoms with Crippen molar-refractivity contribution in [3.63, 3.8) is 0 Å². The molecule has 0 unspecified atom stereocenters. The van der Waals surface area contributed by atoms with E-state index in [1.165, 1.54) is 0 Å². The summed E-state index contributed by atoms with van der Waals surface area (Å²) in [5, 5.41) is 0.581. The second-order valence-corrected chi connectivity index (χ2v) is 3.42. The minimum Gasteiger partial charge on any atom is -0.261 e. The molecule has 9 heavy (non-hydrogen) atoms. The van der Waals surface area contributed by atoms with Crippen LogP contribution in [0, 0.1) is 5.41 Å². The number of hydrogen-bond donors (Lipinski definition) is 0. The largest absolute Gasteiger partial charge is 0.261 e. The number of rotatable bonds is 1. The van der Waals surface area contributed by atoms with Crippen LogP contribution < -0.4 is 0 Å². The van der Waals surface area contributed by atoms with Crippen LogP contribution in [0.5, 0.6) is 0 Å². The summed E-state index contributed by atoms with van der Waals surface area (Å²) in [6.45, 7) is 5.97. The van der Waals surface area contributed by atoms with Crippen molar-refractivity contribution in [2.75, 3.05) is 6.00 Å². The highest BCUT2D eigenvalue weighted by Gasteiger charge is 2.15. The third-order valence-corrected chi connectivity index (χ3v) is 1.62. The molecule has 54 valence electrons. The van der Waals surface area contributed by atoms with Crippen molar-refractivity contribution in [3.05, 3.63) is 0 Å². The zero-order valence-corrected chi connectivity index (χ0v) is 7.42. The van der Waals surface area contributed by atoms with Crippen LogP contribution >= 0.6 is 23.2 Å². The molecule has 0 aliphatic heterocycles. The van der Waals surface area contributed by atoms with Gasteiger partial charge in [-0.2, -0.15) is 0 Å². The average molecular weight is 168 g/mol. The van der Waals surface area contributed by atoms with Crippen molar-refractivity contribution in [1.29, 1.82) is 0 Å². The lowest BCUT2D eigenvalue weighted by atomic mass is 9.99. The Bertz CT molecular complexity index is 113. The molecule has 1 nitrogen and oxygen atoms in total. The molecule has 0 saturated carbocycles. The molecule has 0 fully saturated rings. The minimum absolute atomic E-state index is 0.0591. The fraction of sp³-hybridized carbons (Fsp3) is 0.833. The third-order valence-electron chi connectivity index (χ3n) is 0.817. The highest BCUT2D eigenvalue weighted by molar-refractivity contribution is 6.66. The van der Waals surface area contributed by atoms with Crippen LogP contribution in [0.15, 0.2) is 4.99 Å². The summed E-state index contributed by atoms with van der Waals surface area (Å²) >= 11 is 11.1. The fourth-order valence-electron chi connectivity index (χ4n) is 0.290. The van der Waals surface area contributed by atoms with E-state index in [0.29, 0.717) is 5.17 Å². The molecular weight excluding hydrogens is 157 g/mol.